The number of aromatic nitrogens is 3. The van der Waals surface area contributed by atoms with Crippen LogP contribution in [-0.4, -0.2) is 31.6 Å². The number of carbonyl (C=O) groups is 2. The third-order valence-corrected chi connectivity index (χ3v) is 2.80. The molecule has 0 aliphatic rings. The van der Waals surface area contributed by atoms with Crippen molar-refractivity contribution in [1.82, 2.24) is 14.6 Å². The first-order valence-corrected chi connectivity index (χ1v) is 5.27. The topological polar surface area (TPSA) is 111 Å². The quantitative estimate of drug-likeness (QED) is 0.798. The van der Waals surface area contributed by atoms with Crippen LogP contribution >= 0.6 is 0 Å². The van der Waals surface area contributed by atoms with E-state index >= 15 is 0 Å². The Labute approximate surface area is 102 Å². The standard InChI is InChI=1S/C11H12N4O3/c1-5-7(3-9(16)17)6(2)15-11(14-5)8(4-13-15)10(12)18/h4H,3H2,1-2H3,(H2,12,18)(H,16,17). The van der Waals surface area contributed by atoms with Crippen LogP contribution in [-0.2, 0) is 11.2 Å². The van der Waals surface area contributed by atoms with Gasteiger partial charge >= 0.3 is 5.97 Å². The second kappa shape index (κ2) is 4.10. The Balaban J connectivity index is 2.72. The van der Waals surface area contributed by atoms with Crippen molar-refractivity contribution in [3.05, 3.63) is 28.7 Å². The predicted molar refractivity (Wildman–Crippen MR) is 62.3 cm³/mol. The minimum absolute atomic E-state index is 0.133. The Kier molecular flexibility index (Phi) is 2.74. The number of fused-ring (bicyclic) bond motifs is 1. The lowest BCUT2D eigenvalue weighted by atomic mass is 10.1. The molecule has 0 radical (unpaired) electrons. The van der Waals surface area contributed by atoms with Crippen molar-refractivity contribution in [3.63, 3.8) is 0 Å². The molecule has 0 atom stereocenters. The molecular weight excluding hydrogens is 236 g/mol. The van der Waals surface area contributed by atoms with Crippen LogP contribution in [0.5, 0.6) is 0 Å². The first-order valence-electron chi connectivity index (χ1n) is 5.27. The van der Waals surface area contributed by atoms with Crippen molar-refractivity contribution in [2.24, 2.45) is 5.73 Å². The fraction of sp³-hybridized carbons (Fsp3) is 0.273. The molecule has 3 N–H and O–H groups in total. The van der Waals surface area contributed by atoms with Crippen LogP contribution in [0.3, 0.4) is 0 Å². The molecule has 0 bridgehead atoms. The second-order valence-corrected chi connectivity index (χ2v) is 3.99. The number of hydrogen-bond donors (Lipinski definition) is 2. The molecule has 2 aromatic rings. The average Bonchev–Trinajstić information content (AvgIpc) is 2.67. The van der Waals surface area contributed by atoms with Crippen molar-refractivity contribution in [3.8, 4) is 0 Å². The lowest BCUT2D eigenvalue weighted by Crippen LogP contribution is -2.13. The van der Waals surface area contributed by atoms with E-state index in [0.29, 0.717) is 22.6 Å². The number of nitrogens with zero attached hydrogens (tertiary/aromatic N) is 3. The van der Waals surface area contributed by atoms with Gasteiger partial charge in [-0.15, -0.1) is 0 Å². The van der Waals surface area contributed by atoms with Crippen LogP contribution in [0, 0.1) is 13.8 Å². The molecule has 0 aliphatic heterocycles. The van der Waals surface area contributed by atoms with Crippen LogP contribution in [0.25, 0.3) is 5.65 Å². The van der Waals surface area contributed by atoms with Gasteiger partial charge in [-0.2, -0.15) is 5.10 Å². The summed E-state index contributed by atoms with van der Waals surface area (Å²) in [6, 6.07) is 0. The average molecular weight is 248 g/mol. The maximum atomic E-state index is 11.2. The Morgan fingerprint density at radius 1 is 1.44 bits per heavy atom. The molecule has 0 spiro atoms. The van der Waals surface area contributed by atoms with Crippen LogP contribution in [0.4, 0.5) is 0 Å². The molecule has 0 aliphatic carbocycles. The molecule has 2 rings (SSSR count). The van der Waals surface area contributed by atoms with E-state index in [4.69, 9.17) is 10.8 Å². The summed E-state index contributed by atoms with van der Waals surface area (Å²) in [5.74, 6) is -1.55. The third-order valence-electron chi connectivity index (χ3n) is 2.80. The zero-order valence-electron chi connectivity index (χ0n) is 9.97. The minimum Gasteiger partial charge on any atom is -0.481 e. The zero-order valence-corrected chi connectivity index (χ0v) is 9.97. The molecule has 0 aromatic carbocycles. The molecule has 18 heavy (non-hydrogen) atoms. The van der Waals surface area contributed by atoms with Crippen molar-refractivity contribution < 1.29 is 14.7 Å². The van der Waals surface area contributed by atoms with Gasteiger partial charge in [0.1, 0.15) is 5.56 Å². The Hall–Kier alpha value is -2.44. The third kappa shape index (κ3) is 1.79. The lowest BCUT2D eigenvalue weighted by Gasteiger charge is -2.09. The molecule has 7 heteroatoms. The SMILES string of the molecule is Cc1nc2c(C(N)=O)cnn2c(C)c1CC(=O)O. The van der Waals surface area contributed by atoms with E-state index in [0.717, 1.165) is 0 Å². The summed E-state index contributed by atoms with van der Waals surface area (Å²) < 4.78 is 1.44. The maximum Gasteiger partial charge on any atom is 0.307 e. The summed E-state index contributed by atoms with van der Waals surface area (Å²) in [5.41, 5.74) is 7.59. The van der Waals surface area contributed by atoms with Crippen LogP contribution in [0.1, 0.15) is 27.3 Å². The van der Waals surface area contributed by atoms with Gasteiger partial charge < -0.3 is 10.8 Å². The molecule has 0 fully saturated rings. The molecule has 2 heterocycles. The van der Waals surface area contributed by atoms with Crippen LogP contribution in [0.2, 0.25) is 0 Å². The summed E-state index contributed by atoms with van der Waals surface area (Å²) in [7, 11) is 0. The number of hydrogen-bond acceptors (Lipinski definition) is 4. The number of rotatable bonds is 3. The Morgan fingerprint density at radius 2 is 2.11 bits per heavy atom. The van der Waals surface area contributed by atoms with Gasteiger partial charge in [0.15, 0.2) is 5.65 Å². The number of amides is 1. The van der Waals surface area contributed by atoms with Crippen molar-refractivity contribution in [1.29, 1.82) is 0 Å². The minimum atomic E-state index is -0.940. The highest BCUT2D eigenvalue weighted by molar-refractivity contribution is 5.98. The lowest BCUT2D eigenvalue weighted by molar-refractivity contribution is -0.136. The smallest absolute Gasteiger partial charge is 0.307 e. The van der Waals surface area contributed by atoms with E-state index in [9.17, 15) is 9.59 Å². The normalized spacial score (nSPS) is 10.8. The van der Waals surface area contributed by atoms with Gasteiger partial charge in [0, 0.05) is 17.0 Å². The van der Waals surface area contributed by atoms with Gasteiger partial charge in [-0.25, -0.2) is 9.50 Å². The molecule has 1 amide bonds. The summed E-state index contributed by atoms with van der Waals surface area (Å²) >= 11 is 0. The molecule has 94 valence electrons. The number of aliphatic carboxylic acids is 1. The van der Waals surface area contributed by atoms with Gasteiger partial charge in [0.05, 0.1) is 12.6 Å². The van der Waals surface area contributed by atoms with Crippen molar-refractivity contribution in [2.45, 2.75) is 20.3 Å². The number of aryl methyl sites for hydroxylation is 2. The highest BCUT2D eigenvalue weighted by Gasteiger charge is 2.17. The molecule has 0 saturated heterocycles. The zero-order chi connectivity index (χ0) is 13.4. The number of carboxylic acids is 1. The molecular formula is C11H12N4O3. The molecule has 2 aromatic heterocycles. The van der Waals surface area contributed by atoms with Gasteiger partial charge in [-0.05, 0) is 13.8 Å². The van der Waals surface area contributed by atoms with Crippen molar-refractivity contribution in [2.75, 3.05) is 0 Å². The monoisotopic (exact) mass is 248 g/mol. The van der Waals surface area contributed by atoms with Gasteiger partial charge in [0.2, 0.25) is 0 Å². The van der Waals surface area contributed by atoms with E-state index < -0.39 is 11.9 Å². The van der Waals surface area contributed by atoms with Crippen LogP contribution < -0.4 is 5.73 Å². The van der Waals surface area contributed by atoms with Gasteiger partial charge in [-0.1, -0.05) is 0 Å². The number of primary amides is 1. The largest absolute Gasteiger partial charge is 0.481 e. The predicted octanol–water partition coefficient (Wildman–Crippen LogP) is 0.0721. The highest BCUT2D eigenvalue weighted by Crippen LogP contribution is 2.17. The Morgan fingerprint density at radius 3 is 2.67 bits per heavy atom. The van der Waals surface area contributed by atoms with E-state index in [1.165, 1.54) is 10.7 Å². The molecule has 7 nitrogen and oxygen atoms in total. The van der Waals surface area contributed by atoms with E-state index in [1.54, 1.807) is 13.8 Å². The summed E-state index contributed by atoms with van der Waals surface area (Å²) in [4.78, 5) is 26.2. The van der Waals surface area contributed by atoms with Gasteiger partial charge in [0.25, 0.3) is 5.91 Å². The van der Waals surface area contributed by atoms with Crippen molar-refractivity contribution >= 4 is 17.5 Å². The summed E-state index contributed by atoms with van der Waals surface area (Å²) in [6.45, 7) is 3.43. The maximum absolute atomic E-state index is 11.2. The fourth-order valence-corrected chi connectivity index (χ4v) is 1.89. The molecule has 0 unspecified atom stereocenters. The van der Waals surface area contributed by atoms with E-state index in [1.807, 2.05) is 0 Å². The first kappa shape index (κ1) is 12.0. The Bertz CT molecular complexity index is 660. The number of carboxylic acid groups (broad SMARTS) is 1. The van der Waals surface area contributed by atoms with E-state index in [2.05, 4.69) is 10.1 Å². The fourth-order valence-electron chi connectivity index (χ4n) is 1.89. The highest BCUT2D eigenvalue weighted by atomic mass is 16.4. The number of carbonyl (C=O) groups excluding carboxylic acids is 1. The summed E-state index contributed by atoms with van der Waals surface area (Å²) in [6.07, 6.45) is 1.20. The molecule has 0 saturated carbocycles. The van der Waals surface area contributed by atoms with Crippen LogP contribution in [0.15, 0.2) is 6.20 Å². The van der Waals surface area contributed by atoms with Gasteiger partial charge in [-0.3, -0.25) is 9.59 Å². The van der Waals surface area contributed by atoms with E-state index in [-0.39, 0.29) is 12.0 Å². The first-order chi connectivity index (χ1) is 8.41. The number of nitrogens with two attached hydrogens (primary N) is 1. The summed E-state index contributed by atoms with van der Waals surface area (Å²) in [5, 5.41) is 12.9. The second-order valence-electron chi connectivity index (χ2n) is 3.99.